The molecule has 23 heavy (non-hydrogen) atoms. The van der Waals surface area contributed by atoms with Gasteiger partial charge in [-0.25, -0.2) is 0 Å². The van der Waals surface area contributed by atoms with E-state index in [4.69, 9.17) is 5.73 Å². The molecule has 130 valence electrons. The van der Waals surface area contributed by atoms with Crippen molar-refractivity contribution in [2.75, 3.05) is 0 Å². The smallest absolute Gasteiger partial charge is 0.0577 e. The summed E-state index contributed by atoms with van der Waals surface area (Å²) in [6.45, 7) is 7.30. The first-order chi connectivity index (χ1) is 10.9. The van der Waals surface area contributed by atoms with Crippen molar-refractivity contribution < 1.29 is 5.11 Å². The Morgan fingerprint density at radius 1 is 1.13 bits per heavy atom. The molecule has 0 radical (unpaired) electrons. The molecule has 0 bridgehead atoms. The van der Waals surface area contributed by atoms with E-state index in [2.05, 4.69) is 26.8 Å². The minimum absolute atomic E-state index is 0.0892. The summed E-state index contributed by atoms with van der Waals surface area (Å²) in [5, 5.41) is 10.1. The van der Waals surface area contributed by atoms with Gasteiger partial charge in [0.25, 0.3) is 0 Å². The van der Waals surface area contributed by atoms with Crippen LogP contribution in [0.25, 0.3) is 0 Å². The number of fused-ring (bicyclic) bond motifs is 5. The van der Waals surface area contributed by atoms with E-state index in [1.807, 2.05) is 0 Å². The number of rotatable bonds is 1. The second kappa shape index (κ2) is 5.33. The first-order valence-electron chi connectivity index (χ1n) is 9.99. The zero-order valence-electron chi connectivity index (χ0n) is 15.2. The molecule has 0 heterocycles. The van der Waals surface area contributed by atoms with Crippen molar-refractivity contribution in [2.45, 2.75) is 84.3 Å². The van der Waals surface area contributed by atoms with Crippen molar-refractivity contribution in [3.63, 3.8) is 0 Å². The largest absolute Gasteiger partial charge is 0.393 e. The molecule has 2 nitrogen and oxygen atoms in total. The van der Waals surface area contributed by atoms with Gasteiger partial charge in [0.1, 0.15) is 0 Å². The molecule has 0 aromatic rings. The van der Waals surface area contributed by atoms with E-state index in [0.717, 1.165) is 36.5 Å². The predicted molar refractivity (Wildman–Crippen MR) is 94.8 cm³/mol. The zero-order chi connectivity index (χ0) is 16.4. The molecule has 3 saturated carbocycles. The number of nitrogens with two attached hydrogens (primary N) is 1. The van der Waals surface area contributed by atoms with Crippen LogP contribution in [0.2, 0.25) is 0 Å². The fourth-order valence-corrected chi connectivity index (χ4v) is 7.55. The van der Waals surface area contributed by atoms with E-state index in [0.29, 0.717) is 16.9 Å². The van der Waals surface area contributed by atoms with Crippen LogP contribution in [-0.2, 0) is 0 Å². The lowest BCUT2D eigenvalue weighted by atomic mass is 9.47. The summed E-state index contributed by atoms with van der Waals surface area (Å²) in [5.41, 5.74) is 8.80. The molecule has 4 rings (SSSR count). The van der Waals surface area contributed by atoms with Crippen molar-refractivity contribution >= 4 is 0 Å². The quantitative estimate of drug-likeness (QED) is 0.709. The summed E-state index contributed by atoms with van der Waals surface area (Å²) in [5.74, 6) is 3.31. The molecule has 0 saturated heterocycles. The van der Waals surface area contributed by atoms with E-state index >= 15 is 0 Å². The molecule has 0 aliphatic heterocycles. The van der Waals surface area contributed by atoms with Crippen LogP contribution in [0.1, 0.15) is 72.1 Å². The molecule has 8 atom stereocenters. The minimum atomic E-state index is -0.0892. The van der Waals surface area contributed by atoms with Gasteiger partial charge in [-0.05, 0) is 92.8 Å². The van der Waals surface area contributed by atoms with Crippen LogP contribution >= 0.6 is 0 Å². The van der Waals surface area contributed by atoms with Gasteiger partial charge < -0.3 is 10.8 Å². The second-order valence-corrected chi connectivity index (χ2v) is 9.74. The average molecular weight is 318 g/mol. The highest BCUT2D eigenvalue weighted by Crippen LogP contribution is 2.66. The molecule has 0 aromatic carbocycles. The number of hydrogen-bond donors (Lipinski definition) is 2. The van der Waals surface area contributed by atoms with E-state index in [-0.39, 0.29) is 6.10 Å². The highest BCUT2D eigenvalue weighted by atomic mass is 16.3. The lowest BCUT2D eigenvalue weighted by molar-refractivity contribution is -0.0520. The van der Waals surface area contributed by atoms with Gasteiger partial charge in [-0.3, -0.25) is 0 Å². The maximum absolute atomic E-state index is 10.1. The summed E-state index contributed by atoms with van der Waals surface area (Å²) >= 11 is 0. The average Bonchev–Trinajstić information content (AvgIpc) is 2.85. The summed E-state index contributed by atoms with van der Waals surface area (Å²) in [7, 11) is 0. The zero-order valence-corrected chi connectivity index (χ0v) is 15.2. The third kappa shape index (κ3) is 2.20. The lowest BCUT2D eigenvalue weighted by Gasteiger charge is -2.58. The van der Waals surface area contributed by atoms with E-state index < -0.39 is 0 Å². The van der Waals surface area contributed by atoms with Crippen molar-refractivity contribution in [3.05, 3.63) is 11.6 Å². The molecule has 4 aliphatic rings. The van der Waals surface area contributed by atoms with Crippen LogP contribution in [0.15, 0.2) is 11.6 Å². The minimum Gasteiger partial charge on any atom is -0.393 e. The van der Waals surface area contributed by atoms with Crippen molar-refractivity contribution in [2.24, 2.45) is 40.2 Å². The van der Waals surface area contributed by atoms with Crippen LogP contribution in [0.3, 0.4) is 0 Å². The Morgan fingerprint density at radius 2 is 1.91 bits per heavy atom. The van der Waals surface area contributed by atoms with Gasteiger partial charge in [0.15, 0.2) is 0 Å². The van der Waals surface area contributed by atoms with Crippen LogP contribution in [-0.4, -0.2) is 17.3 Å². The van der Waals surface area contributed by atoms with E-state index in [9.17, 15) is 5.11 Å². The summed E-state index contributed by atoms with van der Waals surface area (Å²) in [6.07, 6.45) is 12.3. The lowest BCUT2D eigenvalue weighted by Crippen LogP contribution is -2.51. The third-order valence-corrected chi connectivity index (χ3v) is 8.79. The SMILES string of the molecule is CC(N)[C@H]1CC[C@H]2[C@@H]3CC=C4C[C@@H](O)CC[C@]4(C)[C@H]3CC[C@]12C. The van der Waals surface area contributed by atoms with Gasteiger partial charge in [-0.2, -0.15) is 0 Å². The van der Waals surface area contributed by atoms with Crippen LogP contribution in [0.5, 0.6) is 0 Å². The second-order valence-electron chi connectivity index (χ2n) is 9.74. The molecule has 0 aromatic heterocycles. The fourth-order valence-electron chi connectivity index (χ4n) is 7.55. The molecule has 2 heteroatoms. The maximum Gasteiger partial charge on any atom is 0.0577 e. The number of hydrogen-bond acceptors (Lipinski definition) is 2. The van der Waals surface area contributed by atoms with E-state index in [1.165, 1.54) is 38.5 Å². The fraction of sp³-hybridized carbons (Fsp3) is 0.905. The van der Waals surface area contributed by atoms with Crippen molar-refractivity contribution in [3.8, 4) is 0 Å². The predicted octanol–water partition coefficient (Wildman–Crippen LogP) is 4.27. The first-order valence-corrected chi connectivity index (χ1v) is 9.99. The van der Waals surface area contributed by atoms with E-state index in [1.54, 1.807) is 5.57 Å². The molecular formula is C21H35NO. The van der Waals surface area contributed by atoms with Crippen LogP contribution < -0.4 is 5.73 Å². The topological polar surface area (TPSA) is 46.2 Å². The van der Waals surface area contributed by atoms with Crippen LogP contribution in [0.4, 0.5) is 0 Å². The summed E-state index contributed by atoms with van der Waals surface area (Å²) in [4.78, 5) is 0. The van der Waals surface area contributed by atoms with Gasteiger partial charge in [-0.15, -0.1) is 0 Å². The van der Waals surface area contributed by atoms with Crippen molar-refractivity contribution in [1.82, 2.24) is 0 Å². The van der Waals surface area contributed by atoms with Gasteiger partial charge in [0.2, 0.25) is 0 Å². The first kappa shape index (κ1) is 16.1. The third-order valence-electron chi connectivity index (χ3n) is 8.79. The highest BCUT2D eigenvalue weighted by molar-refractivity contribution is 5.25. The van der Waals surface area contributed by atoms with Crippen molar-refractivity contribution in [1.29, 1.82) is 0 Å². The Bertz CT molecular complexity index is 512. The van der Waals surface area contributed by atoms with Crippen LogP contribution in [0, 0.1) is 34.5 Å². The van der Waals surface area contributed by atoms with Gasteiger partial charge in [0.05, 0.1) is 6.10 Å². The molecule has 4 aliphatic carbocycles. The number of aliphatic hydroxyl groups is 1. The Hall–Kier alpha value is -0.340. The summed E-state index contributed by atoms with van der Waals surface area (Å²) in [6, 6.07) is 0.344. The monoisotopic (exact) mass is 317 g/mol. The Morgan fingerprint density at radius 3 is 2.65 bits per heavy atom. The standard InChI is InChI=1S/C21H35NO/c1-13(22)17-6-7-18-16-5-4-14-12-15(23)8-10-20(14,2)19(16)9-11-21(17,18)3/h4,13,15-19,23H,5-12,22H2,1-3H3/t13?,15-,16-,17+,18-,19-,20-,21+/m0/s1. The maximum atomic E-state index is 10.1. The number of allylic oxidation sites excluding steroid dienone is 1. The molecule has 1 unspecified atom stereocenters. The van der Waals surface area contributed by atoms with Gasteiger partial charge in [-0.1, -0.05) is 25.5 Å². The Kier molecular flexibility index (Phi) is 3.74. The Labute approximate surface area is 141 Å². The van der Waals surface area contributed by atoms with Gasteiger partial charge in [0, 0.05) is 6.04 Å². The Balaban J connectivity index is 1.65. The molecule has 0 spiro atoms. The normalized spacial score (nSPS) is 53.8. The molecular weight excluding hydrogens is 282 g/mol. The molecule has 0 amide bonds. The summed E-state index contributed by atoms with van der Waals surface area (Å²) < 4.78 is 0. The van der Waals surface area contributed by atoms with Gasteiger partial charge >= 0.3 is 0 Å². The molecule has 3 N–H and O–H groups in total. The number of aliphatic hydroxyl groups excluding tert-OH is 1. The molecule has 3 fully saturated rings. The highest BCUT2D eigenvalue weighted by Gasteiger charge is 2.58.